The number of aromatic amines is 1. The van der Waals surface area contributed by atoms with Crippen molar-refractivity contribution in [2.75, 3.05) is 32.8 Å². The third-order valence-electron chi connectivity index (χ3n) is 5.55. The van der Waals surface area contributed by atoms with Crippen LogP contribution in [0, 0.1) is 6.92 Å². The fourth-order valence-corrected chi connectivity index (χ4v) is 3.98. The number of benzene rings is 1. The van der Waals surface area contributed by atoms with Gasteiger partial charge in [0.2, 0.25) is 0 Å². The number of amides is 1. The predicted molar refractivity (Wildman–Crippen MR) is 98.9 cm³/mol. The molecule has 1 aromatic heterocycles. The largest absolute Gasteiger partial charge is 0.372 e. The van der Waals surface area contributed by atoms with Crippen LogP contribution in [-0.2, 0) is 11.3 Å². The van der Waals surface area contributed by atoms with Gasteiger partial charge in [-0.1, -0.05) is 29.8 Å². The second kappa shape index (κ2) is 7.21. The number of aryl methyl sites for hydroxylation is 1. The van der Waals surface area contributed by atoms with Crippen LogP contribution in [0.25, 0.3) is 0 Å². The Labute approximate surface area is 154 Å². The lowest BCUT2D eigenvalue weighted by atomic mass is 9.89. The van der Waals surface area contributed by atoms with Gasteiger partial charge in [-0.05, 0) is 31.4 Å². The minimum absolute atomic E-state index is 0.0321. The molecule has 2 aromatic rings. The van der Waals surface area contributed by atoms with Gasteiger partial charge >= 0.3 is 0 Å². The number of ether oxygens (including phenoxy) is 1. The highest BCUT2D eigenvalue weighted by Crippen LogP contribution is 2.31. The number of piperidine rings is 1. The van der Waals surface area contributed by atoms with Crippen LogP contribution in [0.2, 0.25) is 0 Å². The Hall–Kier alpha value is -2.18. The van der Waals surface area contributed by atoms with Crippen molar-refractivity contribution < 1.29 is 9.53 Å². The minimum Gasteiger partial charge on any atom is -0.372 e. The maximum atomic E-state index is 12.5. The van der Waals surface area contributed by atoms with Crippen LogP contribution >= 0.6 is 0 Å². The first-order valence-electron chi connectivity index (χ1n) is 9.34. The zero-order valence-corrected chi connectivity index (χ0v) is 15.3. The van der Waals surface area contributed by atoms with E-state index < -0.39 is 0 Å². The summed E-state index contributed by atoms with van der Waals surface area (Å²) >= 11 is 0. The number of morpholine rings is 1. The minimum atomic E-state index is -0.117. The number of carbonyl (C=O) groups is 1. The number of rotatable bonds is 3. The van der Waals surface area contributed by atoms with Crippen molar-refractivity contribution in [1.82, 2.24) is 20.0 Å². The summed E-state index contributed by atoms with van der Waals surface area (Å²) in [5.41, 5.74) is 3.08. The number of nitrogens with zero attached hydrogens (tertiary/aromatic N) is 3. The lowest BCUT2D eigenvalue weighted by Crippen LogP contribution is -2.57. The molecule has 0 radical (unpaired) electrons. The van der Waals surface area contributed by atoms with E-state index in [-0.39, 0.29) is 11.5 Å². The van der Waals surface area contributed by atoms with E-state index in [1.807, 2.05) is 4.90 Å². The highest BCUT2D eigenvalue weighted by Gasteiger charge is 2.40. The van der Waals surface area contributed by atoms with Gasteiger partial charge in [-0.2, -0.15) is 5.10 Å². The third-order valence-corrected chi connectivity index (χ3v) is 5.55. The average molecular weight is 354 g/mol. The molecule has 1 N–H and O–H groups in total. The molecule has 0 saturated carbocycles. The summed E-state index contributed by atoms with van der Waals surface area (Å²) in [4.78, 5) is 16.9. The molecule has 4 rings (SSSR count). The maximum Gasteiger partial charge on any atom is 0.271 e. The number of H-pyrrole nitrogens is 1. The van der Waals surface area contributed by atoms with Crippen molar-refractivity contribution >= 4 is 5.91 Å². The summed E-state index contributed by atoms with van der Waals surface area (Å²) in [7, 11) is 0. The zero-order chi connectivity index (χ0) is 18.0. The van der Waals surface area contributed by atoms with Crippen LogP contribution in [0.4, 0.5) is 0 Å². The van der Waals surface area contributed by atoms with E-state index in [1.165, 1.54) is 11.1 Å². The number of likely N-dealkylation sites (tertiary alicyclic amines) is 1. The summed E-state index contributed by atoms with van der Waals surface area (Å²) in [6, 6.07) is 10.5. The van der Waals surface area contributed by atoms with Crippen LogP contribution in [0.1, 0.15) is 34.5 Å². The van der Waals surface area contributed by atoms with Gasteiger partial charge in [-0.15, -0.1) is 0 Å². The van der Waals surface area contributed by atoms with Gasteiger partial charge in [0.25, 0.3) is 5.91 Å². The lowest BCUT2D eigenvalue weighted by molar-refractivity contribution is -0.134. The van der Waals surface area contributed by atoms with E-state index in [4.69, 9.17) is 4.74 Å². The van der Waals surface area contributed by atoms with Crippen molar-refractivity contribution in [3.63, 3.8) is 0 Å². The van der Waals surface area contributed by atoms with Crippen molar-refractivity contribution in [1.29, 1.82) is 0 Å². The second-order valence-corrected chi connectivity index (χ2v) is 7.49. The molecular formula is C20H26N4O2. The number of hydrogen-bond acceptors (Lipinski definition) is 4. The molecule has 0 bridgehead atoms. The van der Waals surface area contributed by atoms with Crippen LogP contribution < -0.4 is 0 Å². The topological polar surface area (TPSA) is 61.5 Å². The van der Waals surface area contributed by atoms with Gasteiger partial charge in [0.15, 0.2) is 0 Å². The summed E-state index contributed by atoms with van der Waals surface area (Å²) in [5.74, 6) is 0.0321. The molecule has 1 spiro atoms. The molecule has 26 heavy (non-hydrogen) atoms. The van der Waals surface area contributed by atoms with Crippen LogP contribution in [-0.4, -0.2) is 64.3 Å². The molecule has 0 aliphatic carbocycles. The number of hydrogen-bond donors (Lipinski definition) is 1. The number of aromatic nitrogens is 2. The summed E-state index contributed by atoms with van der Waals surface area (Å²) in [6.07, 6.45) is 3.39. The third kappa shape index (κ3) is 3.66. The molecule has 2 aliphatic heterocycles. The molecule has 0 unspecified atom stereocenters. The standard InChI is InChI=1S/C20H26N4O2/c1-16-2-4-17(5-3-16)14-23-12-13-26-20(15-23)7-10-24(11-8-20)19(25)18-6-9-21-22-18/h2-6,9H,7-8,10-15H2,1H3,(H,21,22). The molecule has 138 valence electrons. The van der Waals surface area contributed by atoms with E-state index in [9.17, 15) is 4.79 Å². The van der Waals surface area contributed by atoms with Gasteiger partial charge in [0.05, 0.1) is 12.2 Å². The normalized spacial score (nSPS) is 20.4. The second-order valence-electron chi connectivity index (χ2n) is 7.49. The smallest absolute Gasteiger partial charge is 0.271 e. The molecule has 6 nitrogen and oxygen atoms in total. The van der Waals surface area contributed by atoms with E-state index in [0.717, 1.165) is 52.2 Å². The number of carbonyl (C=O) groups excluding carboxylic acids is 1. The van der Waals surface area contributed by atoms with Gasteiger partial charge in [-0.3, -0.25) is 14.8 Å². The van der Waals surface area contributed by atoms with Crippen molar-refractivity contribution in [3.05, 3.63) is 53.3 Å². The van der Waals surface area contributed by atoms with Crippen LogP contribution in [0.15, 0.2) is 36.5 Å². The Balaban J connectivity index is 1.35. The summed E-state index contributed by atoms with van der Waals surface area (Å²) in [6.45, 7) is 7.21. The highest BCUT2D eigenvalue weighted by atomic mass is 16.5. The van der Waals surface area contributed by atoms with Gasteiger partial charge < -0.3 is 9.64 Å². The Bertz CT molecular complexity index is 734. The lowest BCUT2D eigenvalue weighted by Gasteiger charge is -2.47. The summed E-state index contributed by atoms with van der Waals surface area (Å²) < 4.78 is 6.21. The molecule has 6 heteroatoms. The van der Waals surface area contributed by atoms with E-state index in [0.29, 0.717) is 5.69 Å². The molecule has 2 saturated heterocycles. The maximum absolute atomic E-state index is 12.5. The first kappa shape index (κ1) is 17.2. The molecular weight excluding hydrogens is 328 g/mol. The molecule has 2 aliphatic rings. The van der Waals surface area contributed by atoms with Crippen LogP contribution in [0.5, 0.6) is 0 Å². The van der Waals surface area contributed by atoms with Gasteiger partial charge in [-0.25, -0.2) is 0 Å². The van der Waals surface area contributed by atoms with Crippen molar-refractivity contribution in [3.8, 4) is 0 Å². The van der Waals surface area contributed by atoms with Crippen molar-refractivity contribution in [2.45, 2.75) is 31.9 Å². The zero-order valence-electron chi connectivity index (χ0n) is 15.3. The molecule has 1 amide bonds. The Morgan fingerprint density at radius 3 is 2.65 bits per heavy atom. The van der Waals surface area contributed by atoms with E-state index >= 15 is 0 Å². The monoisotopic (exact) mass is 354 g/mol. The first-order valence-corrected chi connectivity index (χ1v) is 9.34. The molecule has 0 atom stereocenters. The van der Waals surface area contributed by atoms with Gasteiger partial charge in [0.1, 0.15) is 5.69 Å². The fraction of sp³-hybridized carbons (Fsp3) is 0.500. The van der Waals surface area contributed by atoms with E-state index in [2.05, 4.69) is 46.3 Å². The number of nitrogens with one attached hydrogen (secondary N) is 1. The summed E-state index contributed by atoms with van der Waals surface area (Å²) in [5, 5.41) is 6.64. The SMILES string of the molecule is Cc1ccc(CN2CCOC3(CCN(C(=O)c4ccn[nH]4)CC3)C2)cc1. The van der Waals surface area contributed by atoms with Crippen LogP contribution in [0.3, 0.4) is 0 Å². The first-order chi connectivity index (χ1) is 12.6. The molecule has 3 heterocycles. The van der Waals surface area contributed by atoms with Crippen molar-refractivity contribution in [2.24, 2.45) is 0 Å². The van der Waals surface area contributed by atoms with Gasteiger partial charge in [0, 0.05) is 38.9 Å². The Kier molecular flexibility index (Phi) is 4.78. The quantitative estimate of drug-likeness (QED) is 0.918. The molecule has 2 fully saturated rings. The fourth-order valence-electron chi connectivity index (χ4n) is 3.98. The van der Waals surface area contributed by atoms with E-state index in [1.54, 1.807) is 12.3 Å². The Morgan fingerprint density at radius 2 is 1.96 bits per heavy atom. The highest BCUT2D eigenvalue weighted by molar-refractivity contribution is 5.92. The predicted octanol–water partition coefficient (Wildman–Crippen LogP) is 2.23. The Morgan fingerprint density at radius 1 is 1.19 bits per heavy atom. The molecule has 1 aromatic carbocycles. The average Bonchev–Trinajstić information content (AvgIpc) is 3.19.